The molecule has 0 amide bonds. The van der Waals surface area contributed by atoms with Crippen LogP contribution in [0.15, 0.2) is 22.7 Å². The van der Waals surface area contributed by atoms with Gasteiger partial charge in [0.25, 0.3) is 0 Å². The number of halogens is 3. The quantitative estimate of drug-likeness (QED) is 0.899. The van der Waals surface area contributed by atoms with Crippen LogP contribution in [0.25, 0.3) is 0 Å². The van der Waals surface area contributed by atoms with E-state index in [1.165, 1.54) is 6.07 Å². The van der Waals surface area contributed by atoms with E-state index >= 15 is 0 Å². The molecular weight excluding hydrogens is 345 g/mol. The molecule has 1 aromatic carbocycles. The minimum Gasteiger partial charge on any atom is -0.313 e. The predicted molar refractivity (Wildman–Crippen MR) is 82.6 cm³/mol. The first kappa shape index (κ1) is 15.5. The number of likely N-dealkylation sites (N-methyl/N-ethyl adjacent to an activating group) is 1. The van der Waals surface area contributed by atoms with E-state index in [0.29, 0.717) is 17.0 Å². The standard InChI is InChI=1S/C14H16BrClFN3/c1-8-14(16)13(20(3)19-8)7-12(18-2)10-6-9(15)4-5-11(10)17/h4-6,12,18H,7H2,1-3H3. The molecule has 2 rings (SSSR count). The SMILES string of the molecule is CNC(Cc1c(Cl)c(C)nn1C)c1cc(Br)ccc1F. The van der Waals surface area contributed by atoms with E-state index in [4.69, 9.17) is 11.6 Å². The minimum atomic E-state index is -0.234. The lowest BCUT2D eigenvalue weighted by Gasteiger charge is -2.18. The zero-order chi connectivity index (χ0) is 14.9. The first-order valence-electron chi connectivity index (χ1n) is 6.24. The molecule has 1 atom stereocenters. The molecule has 20 heavy (non-hydrogen) atoms. The summed E-state index contributed by atoms with van der Waals surface area (Å²) in [5, 5.41) is 8.07. The molecule has 0 saturated heterocycles. The van der Waals surface area contributed by atoms with Gasteiger partial charge in [0.2, 0.25) is 0 Å². The zero-order valence-electron chi connectivity index (χ0n) is 11.5. The van der Waals surface area contributed by atoms with Gasteiger partial charge in [0.05, 0.1) is 16.4 Å². The molecule has 108 valence electrons. The van der Waals surface area contributed by atoms with Crippen LogP contribution in [0, 0.1) is 12.7 Å². The summed E-state index contributed by atoms with van der Waals surface area (Å²) in [4.78, 5) is 0. The summed E-state index contributed by atoms with van der Waals surface area (Å²) >= 11 is 9.63. The third-order valence-corrected chi connectivity index (χ3v) is 4.33. The number of hydrogen-bond donors (Lipinski definition) is 1. The molecule has 0 aliphatic carbocycles. The molecular formula is C14H16BrClFN3. The summed E-state index contributed by atoms with van der Waals surface area (Å²) in [7, 11) is 3.65. The monoisotopic (exact) mass is 359 g/mol. The molecule has 0 spiro atoms. The predicted octanol–water partition coefficient (Wildman–Crippen LogP) is 3.79. The van der Waals surface area contributed by atoms with Gasteiger partial charge >= 0.3 is 0 Å². The maximum Gasteiger partial charge on any atom is 0.128 e. The Morgan fingerprint density at radius 1 is 1.50 bits per heavy atom. The third kappa shape index (κ3) is 3.05. The molecule has 0 bridgehead atoms. The highest BCUT2D eigenvalue weighted by molar-refractivity contribution is 9.10. The van der Waals surface area contributed by atoms with Crippen molar-refractivity contribution in [2.75, 3.05) is 7.05 Å². The molecule has 0 aliphatic heterocycles. The van der Waals surface area contributed by atoms with Gasteiger partial charge in [-0.15, -0.1) is 0 Å². The Hall–Kier alpha value is -0.910. The van der Waals surface area contributed by atoms with Gasteiger partial charge < -0.3 is 5.32 Å². The van der Waals surface area contributed by atoms with Crippen LogP contribution in [0.4, 0.5) is 4.39 Å². The number of nitrogens with one attached hydrogen (secondary N) is 1. The summed E-state index contributed by atoms with van der Waals surface area (Å²) in [5.41, 5.74) is 2.29. The van der Waals surface area contributed by atoms with Crippen LogP contribution >= 0.6 is 27.5 Å². The molecule has 3 nitrogen and oxygen atoms in total. The van der Waals surface area contributed by atoms with Crippen molar-refractivity contribution < 1.29 is 4.39 Å². The molecule has 1 N–H and O–H groups in total. The molecule has 1 unspecified atom stereocenters. The van der Waals surface area contributed by atoms with Crippen LogP contribution in [-0.2, 0) is 13.5 Å². The van der Waals surface area contributed by atoms with Crippen molar-refractivity contribution >= 4 is 27.5 Å². The van der Waals surface area contributed by atoms with Gasteiger partial charge in [-0.1, -0.05) is 27.5 Å². The minimum absolute atomic E-state index is 0.167. The van der Waals surface area contributed by atoms with Crippen LogP contribution in [-0.4, -0.2) is 16.8 Å². The molecule has 1 heterocycles. The molecule has 1 aromatic heterocycles. The van der Waals surface area contributed by atoms with Crippen molar-refractivity contribution in [3.63, 3.8) is 0 Å². The van der Waals surface area contributed by atoms with Crippen LogP contribution in [0.5, 0.6) is 0 Å². The Morgan fingerprint density at radius 2 is 2.20 bits per heavy atom. The Morgan fingerprint density at radius 3 is 2.75 bits per heavy atom. The number of aryl methyl sites for hydroxylation is 2. The highest BCUT2D eigenvalue weighted by Gasteiger charge is 2.20. The molecule has 2 aromatic rings. The topological polar surface area (TPSA) is 29.9 Å². The number of aromatic nitrogens is 2. The summed E-state index contributed by atoms with van der Waals surface area (Å²) in [6.07, 6.45) is 0.569. The second-order valence-corrected chi connectivity index (χ2v) is 5.97. The number of hydrogen-bond acceptors (Lipinski definition) is 2. The van der Waals surface area contributed by atoms with Crippen molar-refractivity contribution in [3.8, 4) is 0 Å². The average molecular weight is 361 g/mol. The summed E-state index contributed by atoms with van der Waals surface area (Å²) < 4.78 is 16.6. The van der Waals surface area contributed by atoms with Gasteiger partial charge in [0.15, 0.2) is 0 Å². The van der Waals surface area contributed by atoms with Gasteiger partial charge in [-0.3, -0.25) is 4.68 Å². The van der Waals surface area contributed by atoms with Gasteiger partial charge in [-0.05, 0) is 32.2 Å². The van der Waals surface area contributed by atoms with Crippen molar-refractivity contribution in [1.29, 1.82) is 0 Å². The van der Waals surface area contributed by atoms with Gasteiger partial charge in [0.1, 0.15) is 5.82 Å². The molecule has 0 aliphatic rings. The summed E-state index contributed by atoms with van der Waals surface area (Å²) in [6, 6.07) is 4.76. The van der Waals surface area contributed by atoms with E-state index in [2.05, 4.69) is 26.3 Å². The summed E-state index contributed by atoms with van der Waals surface area (Å²) in [5.74, 6) is -0.234. The molecule has 0 fully saturated rings. The number of nitrogens with zero attached hydrogens (tertiary/aromatic N) is 2. The highest BCUT2D eigenvalue weighted by atomic mass is 79.9. The van der Waals surface area contributed by atoms with Crippen molar-refractivity contribution in [2.45, 2.75) is 19.4 Å². The zero-order valence-corrected chi connectivity index (χ0v) is 13.9. The van der Waals surface area contributed by atoms with Gasteiger partial charge in [-0.25, -0.2) is 4.39 Å². The Kier molecular flexibility index (Phi) is 4.83. The first-order valence-corrected chi connectivity index (χ1v) is 7.41. The van der Waals surface area contributed by atoms with E-state index < -0.39 is 0 Å². The fourth-order valence-corrected chi connectivity index (χ4v) is 2.86. The Bertz CT molecular complexity index is 627. The van der Waals surface area contributed by atoms with E-state index in [1.54, 1.807) is 16.8 Å². The fraction of sp³-hybridized carbons (Fsp3) is 0.357. The Balaban J connectivity index is 2.36. The van der Waals surface area contributed by atoms with Crippen molar-refractivity contribution in [2.24, 2.45) is 7.05 Å². The number of rotatable bonds is 4. The van der Waals surface area contributed by atoms with Gasteiger partial charge in [-0.2, -0.15) is 5.10 Å². The number of benzene rings is 1. The van der Waals surface area contributed by atoms with Crippen LogP contribution in [0.1, 0.15) is 23.0 Å². The lowest BCUT2D eigenvalue weighted by molar-refractivity contribution is 0.519. The van der Waals surface area contributed by atoms with E-state index in [1.807, 2.05) is 21.0 Å². The maximum absolute atomic E-state index is 14.0. The van der Waals surface area contributed by atoms with E-state index in [-0.39, 0.29) is 11.9 Å². The Labute approximate surface area is 131 Å². The normalized spacial score (nSPS) is 12.7. The van der Waals surface area contributed by atoms with Crippen LogP contribution in [0.2, 0.25) is 5.02 Å². The highest BCUT2D eigenvalue weighted by Crippen LogP contribution is 2.28. The second-order valence-electron chi connectivity index (χ2n) is 4.68. The van der Waals surface area contributed by atoms with E-state index in [9.17, 15) is 4.39 Å². The molecule has 0 saturated carbocycles. The average Bonchev–Trinajstić information content (AvgIpc) is 2.65. The maximum atomic E-state index is 14.0. The first-order chi connectivity index (χ1) is 9.43. The molecule has 0 radical (unpaired) electrons. The van der Waals surface area contributed by atoms with Crippen LogP contribution in [0.3, 0.4) is 0 Å². The summed E-state index contributed by atoms with van der Waals surface area (Å²) in [6.45, 7) is 1.86. The lowest BCUT2D eigenvalue weighted by Crippen LogP contribution is -2.21. The van der Waals surface area contributed by atoms with Crippen molar-refractivity contribution in [1.82, 2.24) is 15.1 Å². The van der Waals surface area contributed by atoms with Gasteiger partial charge in [0, 0.05) is 29.5 Å². The lowest BCUT2D eigenvalue weighted by atomic mass is 10.0. The fourth-order valence-electron chi connectivity index (χ4n) is 2.24. The van der Waals surface area contributed by atoms with E-state index in [0.717, 1.165) is 15.9 Å². The van der Waals surface area contributed by atoms with Crippen molar-refractivity contribution in [3.05, 3.63) is 50.5 Å². The molecule has 6 heteroatoms. The largest absolute Gasteiger partial charge is 0.313 e. The third-order valence-electron chi connectivity index (χ3n) is 3.34. The second kappa shape index (κ2) is 6.24. The smallest absolute Gasteiger partial charge is 0.128 e. The van der Waals surface area contributed by atoms with Crippen LogP contribution < -0.4 is 5.32 Å².